The Bertz CT molecular complexity index is 418. The van der Waals surface area contributed by atoms with E-state index in [2.05, 4.69) is 24.0 Å². The molecule has 0 aliphatic carbocycles. The Kier molecular flexibility index (Phi) is 1.58. The Balaban J connectivity index is 2.89. The number of benzene rings is 1. The summed E-state index contributed by atoms with van der Waals surface area (Å²) in [6.45, 7) is 4.04. The number of pyridine rings is 1. The smallest absolute Gasteiger partial charge is 0.0708 e. The molecule has 12 heavy (non-hydrogen) atoms. The van der Waals surface area contributed by atoms with Crippen LogP contribution in [-0.2, 0) is 0 Å². The van der Waals surface area contributed by atoms with Crippen molar-refractivity contribution in [3.05, 3.63) is 41.6 Å². The lowest BCUT2D eigenvalue weighted by molar-refractivity contribution is 1.23. The third kappa shape index (κ3) is 1.07. The summed E-state index contributed by atoms with van der Waals surface area (Å²) in [7, 11) is 0. The molecule has 2 rings (SSSR count). The monoisotopic (exact) mass is 156 g/mol. The summed E-state index contributed by atoms with van der Waals surface area (Å²) >= 11 is 0. The molecule has 59 valence electrons. The van der Waals surface area contributed by atoms with Gasteiger partial charge in [0.15, 0.2) is 0 Å². The molecular formula is C11H10N. The van der Waals surface area contributed by atoms with Crippen molar-refractivity contribution in [3.8, 4) is 0 Å². The van der Waals surface area contributed by atoms with Crippen LogP contribution in [-0.4, -0.2) is 4.98 Å². The Labute approximate surface area is 72.1 Å². The van der Waals surface area contributed by atoms with Crippen LogP contribution in [0.3, 0.4) is 0 Å². The van der Waals surface area contributed by atoms with Gasteiger partial charge in [-0.05, 0) is 25.5 Å². The fraction of sp³-hybridized carbons (Fsp3) is 0.182. The highest BCUT2D eigenvalue weighted by Gasteiger charge is 1.97. The van der Waals surface area contributed by atoms with Gasteiger partial charge in [0.2, 0.25) is 0 Å². The molecule has 0 aliphatic heterocycles. The van der Waals surface area contributed by atoms with Gasteiger partial charge in [0, 0.05) is 17.1 Å². The van der Waals surface area contributed by atoms with Crippen molar-refractivity contribution >= 4 is 10.9 Å². The van der Waals surface area contributed by atoms with Crippen molar-refractivity contribution in [2.24, 2.45) is 0 Å². The van der Waals surface area contributed by atoms with E-state index in [-0.39, 0.29) is 0 Å². The lowest BCUT2D eigenvalue weighted by atomic mass is 10.1. The molecule has 1 heterocycles. The van der Waals surface area contributed by atoms with Gasteiger partial charge in [-0.15, -0.1) is 0 Å². The van der Waals surface area contributed by atoms with Crippen molar-refractivity contribution in [2.45, 2.75) is 13.8 Å². The Morgan fingerprint density at radius 2 is 1.92 bits per heavy atom. The zero-order valence-corrected chi connectivity index (χ0v) is 7.26. The molecule has 0 N–H and O–H groups in total. The van der Waals surface area contributed by atoms with Gasteiger partial charge in [-0.3, -0.25) is 4.98 Å². The summed E-state index contributed by atoms with van der Waals surface area (Å²) in [5, 5.41) is 1.20. The molecule has 1 aromatic heterocycles. The van der Waals surface area contributed by atoms with Gasteiger partial charge in [0.1, 0.15) is 0 Å². The van der Waals surface area contributed by atoms with Crippen LogP contribution in [0.25, 0.3) is 10.9 Å². The highest BCUT2D eigenvalue weighted by molar-refractivity contribution is 5.81. The molecule has 0 fully saturated rings. The molecule has 0 saturated carbocycles. The highest BCUT2D eigenvalue weighted by Crippen LogP contribution is 2.15. The highest BCUT2D eigenvalue weighted by atomic mass is 14.7. The molecule has 0 spiro atoms. The molecule has 2 aromatic rings. The largest absolute Gasteiger partial charge is 0.252 e. The SMILES string of the molecule is Cc1[c]c(C)c2ccccc2n1. The van der Waals surface area contributed by atoms with E-state index in [0.29, 0.717) is 0 Å². The van der Waals surface area contributed by atoms with Crippen LogP contribution in [0.1, 0.15) is 11.3 Å². The standard InChI is InChI=1S/C11H10N/c1-8-7-9(2)12-11-6-4-3-5-10(8)11/h3-6H,1-2H3. The van der Waals surface area contributed by atoms with Crippen LogP contribution in [0.5, 0.6) is 0 Å². The summed E-state index contributed by atoms with van der Waals surface area (Å²) < 4.78 is 0. The van der Waals surface area contributed by atoms with Crippen molar-refractivity contribution in [2.75, 3.05) is 0 Å². The molecule has 1 aromatic carbocycles. The Morgan fingerprint density at radius 3 is 2.75 bits per heavy atom. The molecule has 1 heteroatoms. The predicted octanol–water partition coefficient (Wildman–Crippen LogP) is 2.65. The predicted molar refractivity (Wildman–Crippen MR) is 50.1 cm³/mol. The normalized spacial score (nSPS) is 10.5. The summed E-state index contributed by atoms with van der Waals surface area (Å²) in [5.41, 5.74) is 3.20. The van der Waals surface area contributed by atoms with Gasteiger partial charge in [-0.25, -0.2) is 0 Å². The summed E-state index contributed by atoms with van der Waals surface area (Å²) in [4.78, 5) is 4.38. The van der Waals surface area contributed by atoms with E-state index in [1.165, 1.54) is 10.9 Å². The maximum atomic E-state index is 4.38. The fourth-order valence-electron chi connectivity index (χ4n) is 1.44. The van der Waals surface area contributed by atoms with Crippen LogP contribution in [0.2, 0.25) is 0 Å². The lowest BCUT2D eigenvalue weighted by Crippen LogP contribution is -1.86. The van der Waals surface area contributed by atoms with Gasteiger partial charge in [0.05, 0.1) is 5.52 Å². The third-order valence-electron chi connectivity index (χ3n) is 1.96. The summed E-state index contributed by atoms with van der Waals surface area (Å²) in [6, 6.07) is 11.3. The maximum absolute atomic E-state index is 4.38. The first-order chi connectivity index (χ1) is 5.77. The molecule has 1 radical (unpaired) electrons. The van der Waals surface area contributed by atoms with Gasteiger partial charge in [-0.1, -0.05) is 18.2 Å². The van der Waals surface area contributed by atoms with E-state index in [9.17, 15) is 0 Å². The van der Waals surface area contributed by atoms with E-state index >= 15 is 0 Å². The quantitative estimate of drug-likeness (QED) is 0.571. The van der Waals surface area contributed by atoms with Gasteiger partial charge in [0.25, 0.3) is 0 Å². The van der Waals surface area contributed by atoms with Crippen molar-refractivity contribution in [3.63, 3.8) is 0 Å². The second-order valence-corrected chi connectivity index (χ2v) is 2.96. The molecule has 0 amide bonds. The number of aromatic nitrogens is 1. The number of para-hydroxylation sites is 1. The van der Waals surface area contributed by atoms with Gasteiger partial charge < -0.3 is 0 Å². The molecule has 0 atom stereocenters. The van der Waals surface area contributed by atoms with Crippen molar-refractivity contribution in [1.29, 1.82) is 0 Å². The first kappa shape index (κ1) is 7.29. The van der Waals surface area contributed by atoms with Gasteiger partial charge >= 0.3 is 0 Å². The van der Waals surface area contributed by atoms with Crippen LogP contribution in [0.4, 0.5) is 0 Å². The molecule has 0 saturated heterocycles. The Morgan fingerprint density at radius 1 is 1.17 bits per heavy atom. The molecule has 0 aliphatic rings. The van der Waals surface area contributed by atoms with Crippen LogP contribution in [0.15, 0.2) is 24.3 Å². The van der Waals surface area contributed by atoms with Crippen LogP contribution in [0, 0.1) is 19.9 Å². The first-order valence-electron chi connectivity index (χ1n) is 4.02. The number of hydrogen-bond acceptors (Lipinski definition) is 1. The number of rotatable bonds is 0. The Hall–Kier alpha value is -1.37. The number of nitrogens with zero attached hydrogens (tertiary/aromatic N) is 1. The minimum atomic E-state index is 0.964. The minimum Gasteiger partial charge on any atom is -0.252 e. The lowest BCUT2D eigenvalue weighted by Gasteiger charge is -2.01. The van der Waals surface area contributed by atoms with Crippen LogP contribution >= 0.6 is 0 Å². The topological polar surface area (TPSA) is 12.9 Å². The van der Waals surface area contributed by atoms with E-state index in [1.807, 2.05) is 25.1 Å². The second-order valence-electron chi connectivity index (χ2n) is 2.96. The number of hydrogen-bond donors (Lipinski definition) is 0. The minimum absolute atomic E-state index is 0.964. The summed E-state index contributed by atoms with van der Waals surface area (Å²) in [6.07, 6.45) is 0. The summed E-state index contributed by atoms with van der Waals surface area (Å²) in [5.74, 6) is 0. The van der Waals surface area contributed by atoms with E-state index < -0.39 is 0 Å². The zero-order valence-electron chi connectivity index (χ0n) is 7.26. The number of fused-ring (bicyclic) bond motifs is 1. The first-order valence-corrected chi connectivity index (χ1v) is 4.02. The fourth-order valence-corrected chi connectivity index (χ4v) is 1.44. The molecular weight excluding hydrogens is 146 g/mol. The van der Waals surface area contributed by atoms with E-state index in [1.54, 1.807) is 0 Å². The van der Waals surface area contributed by atoms with Crippen molar-refractivity contribution in [1.82, 2.24) is 4.98 Å². The van der Waals surface area contributed by atoms with Crippen molar-refractivity contribution < 1.29 is 0 Å². The number of aryl methyl sites for hydroxylation is 2. The third-order valence-corrected chi connectivity index (χ3v) is 1.96. The maximum Gasteiger partial charge on any atom is 0.0708 e. The molecule has 0 bridgehead atoms. The average molecular weight is 156 g/mol. The van der Waals surface area contributed by atoms with E-state index in [4.69, 9.17) is 0 Å². The molecule has 1 nitrogen and oxygen atoms in total. The zero-order chi connectivity index (χ0) is 8.55. The molecule has 0 unspecified atom stereocenters. The van der Waals surface area contributed by atoms with E-state index in [0.717, 1.165) is 11.2 Å². The average Bonchev–Trinajstić information content (AvgIpc) is 2.04. The van der Waals surface area contributed by atoms with Gasteiger partial charge in [-0.2, -0.15) is 0 Å². The second kappa shape index (κ2) is 2.59. The van der Waals surface area contributed by atoms with Crippen LogP contribution < -0.4 is 0 Å².